The Morgan fingerprint density at radius 1 is 1.00 bits per heavy atom. The lowest BCUT2D eigenvalue weighted by Crippen LogP contribution is -2.54. The SMILES string of the molecule is COc1ccc(N2C(=O)NC(=O)/C(=C\c3cccc(OCC(=O)Nc4ccccc4Cl)c3)C2=O)cc1. The molecule has 36 heavy (non-hydrogen) atoms. The van der Waals surface area contributed by atoms with Crippen LogP contribution in [0.1, 0.15) is 5.56 Å². The maximum atomic E-state index is 13.1. The summed E-state index contributed by atoms with van der Waals surface area (Å²) in [7, 11) is 1.50. The quantitative estimate of drug-likeness (QED) is 0.370. The second-order valence-electron chi connectivity index (χ2n) is 7.55. The maximum Gasteiger partial charge on any atom is 0.335 e. The number of anilines is 2. The zero-order valence-electron chi connectivity index (χ0n) is 19.0. The summed E-state index contributed by atoms with van der Waals surface area (Å²) in [5.74, 6) is -1.12. The molecule has 10 heteroatoms. The van der Waals surface area contributed by atoms with Gasteiger partial charge in [-0.15, -0.1) is 0 Å². The van der Waals surface area contributed by atoms with Crippen molar-refractivity contribution in [1.82, 2.24) is 5.32 Å². The summed E-state index contributed by atoms with van der Waals surface area (Å²) in [6, 6.07) is 18.7. The van der Waals surface area contributed by atoms with Crippen molar-refractivity contribution in [3.05, 3.63) is 89.0 Å². The summed E-state index contributed by atoms with van der Waals surface area (Å²) in [6.45, 7) is -0.287. The van der Waals surface area contributed by atoms with Crippen molar-refractivity contribution in [2.24, 2.45) is 0 Å². The van der Waals surface area contributed by atoms with E-state index in [4.69, 9.17) is 21.1 Å². The molecule has 3 aromatic carbocycles. The Morgan fingerprint density at radius 3 is 2.47 bits per heavy atom. The minimum absolute atomic E-state index is 0.237. The van der Waals surface area contributed by atoms with Crippen LogP contribution in [-0.4, -0.2) is 37.5 Å². The van der Waals surface area contributed by atoms with E-state index in [0.717, 1.165) is 4.90 Å². The largest absolute Gasteiger partial charge is 0.497 e. The smallest absolute Gasteiger partial charge is 0.335 e. The fourth-order valence-corrected chi connectivity index (χ4v) is 3.56. The third-order valence-electron chi connectivity index (χ3n) is 5.12. The number of urea groups is 1. The van der Waals surface area contributed by atoms with Gasteiger partial charge in [-0.1, -0.05) is 35.9 Å². The Balaban J connectivity index is 1.49. The minimum atomic E-state index is -0.853. The first-order valence-electron chi connectivity index (χ1n) is 10.7. The first-order chi connectivity index (χ1) is 17.4. The topological polar surface area (TPSA) is 114 Å². The summed E-state index contributed by atoms with van der Waals surface area (Å²) < 4.78 is 10.6. The van der Waals surface area contributed by atoms with E-state index in [2.05, 4.69) is 10.6 Å². The number of nitrogens with one attached hydrogen (secondary N) is 2. The fourth-order valence-electron chi connectivity index (χ4n) is 3.38. The molecule has 2 N–H and O–H groups in total. The van der Waals surface area contributed by atoms with Gasteiger partial charge in [-0.2, -0.15) is 0 Å². The molecule has 0 bridgehead atoms. The molecule has 0 saturated carbocycles. The summed E-state index contributed by atoms with van der Waals surface area (Å²) in [5.41, 5.74) is 0.961. The lowest BCUT2D eigenvalue weighted by atomic mass is 10.1. The Kier molecular flexibility index (Phi) is 7.31. The van der Waals surface area contributed by atoms with Gasteiger partial charge in [-0.25, -0.2) is 9.69 Å². The van der Waals surface area contributed by atoms with Gasteiger partial charge >= 0.3 is 6.03 Å². The van der Waals surface area contributed by atoms with E-state index in [1.165, 1.54) is 25.3 Å². The van der Waals surface area contributed by atoms with Gasteiger partial charge < -0.3 is 14.8 Å². The Labute approximate surface area is 211 Å². The summed E-state index contributed by atoms with van der Waals surface area (Å²) >= 11 is 6.04. The highest BCUT2D eigenvalue weighted by Crippen LogP contribution is 2.25. The molecule has 1 saturated heterocycles. The number of carbonyl (C=O) groups is 4. The second kappa shape index (κ2) is 10.7. The number of methoxy groups -OCH3 is 1. The summed E-state index contributed by atoms with van der Waals surface area (Å²) in [5, 5.41) is 5.23. The van der Waals surface area contributed by atoms with E-state index in [1.54, 1.807) is 60.7 Å². The number of rotatable bonds is 7. The second-order valence-corrected chi connectivity index (χ2v) is 7.95. The number of nitrogens with zero attached hydrogens (tertiary/aromatic N) is 1. The van der Waals surface area contributed by atoms with Gasteiger partial charge in [0.1, 0.15) is 17.1 Å². The van der Waals surface area contributed by atoms with Crippen molar-refractivity contribution >= 4 is 52.8 Å². The molecule has 9 nitrogen and oxygen atoms in total. The first-order valence-corrected chi connectivity index (χ1v) is 11.1. The highest BCUT2D eigenvalue weighted by Gasteiger charge is 2.36. The summed E-state index contributed by atoms with van der Waals surface area (Å²) in [6.07, 6.45) is 1.34. The number of carbonyl (C=O) groups excluding carboxylic acids is 4. The van der Waals surface area contributed by atoms with Crippen LogP contribution in [0.25, 0.3) is 6.08 Å². The van der Waals surface area contributed by atoms with Crippen molar-refractivity contribution in [3.8, 4) is 11.5 Å². The third kappa shape index (κ3) is 5.53. The van der Waals surface area contributed by atoms with Gasteiger partial charge in [0.05, 0.1) is 23.5 Å². The Bertz CT molecular complexity index is 1370. The number of benzene rings is 3. The number of amides is 5. The molecule has 0 spiro atoms. The molecule has 5 amide bonds. The van der Waals surface area contributed by atoms with Crippen LogP contribution in [0.4, 0.5) is 16.2 Å². The zero-order valence-corrected chi connectivity index (χ0v) is 19.7. The van der Waals surface area contributed by atoms with Crippen LogP contribution in [0.3, 0.4) is 0 Å². The van der Waals surface area contributed by atoms with Crippen LogP contribution >= 0.6 is 11.6 Å². The van der Waals surface area contributed by atoms with E-state index in [-0.39, 0.29) is 17.9 Å². The van der Waals surface area contributed by atoms with Gasteiger partial charge in [0, 0.05) is 0 Å². The van der Waals surface area contributed by atoms with E-state index in [0.29, 0.717) is 27.8 Å². The molecule has 1 heterocycles. The Morgan fingerprint density at radius 2 is 1.75 bits per heavy atom. The van der Waals surface area contributed by atoms with Crippen molar-refractivity contribution in [2.45, 2.75) is 0 Å². The molecule has 0 atom stereocenters. The molecule has 0 aromatic heterocycles. The van der Waals surface area contributed by atoms with E-state index < -0.39 is 23.8 Å². The number of barbiturate groups is 1. The molecule has 3 aromatic rings. The molecule has 1 fully saturated rings. The predicted molar refractivity (Wildman–Crippen MR) is 134 cm³/mol. The van der Waals surface area contributed by atoms with Crippen molar-refractivity contribution in [3.63, 3.8) is 0 Å². The molecular weight excluding hydrogens is 486 g/mol. The molecular formula is C26H20ClN3O6. The van der Waals surface area contributed by atoms with Gasteiger partial charge in [0.2, 0.25) is 0 Å². The number of para-hydroxylation sites is 1. The van der Waals surface area contributed by atoms with Gasteiger partial charge in [0.25, 0.3) is 17.7 Å². The molecule has 1 aliphatic heterocycles. The van der Waals surface area contributed by atoms with Crippen molar-refractivity contribution in [1.29, 1.82) is 0 Å². The van der Waals surface area contributed by atoms with E-state index in [9.17, 15) is 19.2 Å². The standard InChI is InChI=1S/C26H20ClN3O6/c1-35-18-11-9-17(10-12-18)30-25(33)20(24(32)29-26(30)34)14-16-5-4-6-19(13-16)36-15-23(31)28-22-8-3-2-7-21(22)27/h2-14H,15H2,1H3,(H,28,31)(H,29,32,34)/b20-14+. The lowest BCUT2D eigenvalue weighted by molar-refractivity contribution is -0.122. The number of hydrogen-bond acceptors (Lipinski definition) is 6. The number of imide groups is 2. The lowest BCUT2D eigenvalue weighted by Gasteiger charge is -2.26. The van der Waals surface area contributed by atoms with Crippen LogP contribution in [0.2, 0.25) is 5.02 Å². The van der Waals surface area contributed by atoms with E-state index >= 15 is 0 Å². The van der Waals surface area contributed by atoms with Crippen LogP contribution in [0.5, 0.6) is 11.5 Å². The van der Waals surface area contributed by atoms with Crippen molar-refractivity contribution < 1.29 is 28.7 Å². The molecule has 0 radical (unpaired) electrons. The van der Waals surface area contributed by atoms with E-state index in [1.807, 2.05) is 0 Å². The van der Waals surface area contributed by atoms with Crippen LogP contribution in [0.15, 0.2) is 78.4 Å². The van der Waals surface area contributed by atoms with Crippen LogP contribution in [0, 0.1) is 0 Å². The predicted octanol–water partition coefficient (Wildman–Crippen LogP) is 4.03. The molecule has 4 rings (SSSR count). The highest BCUT2D eigenvalue weighted by molar-refractivity contribution is 6.39. The average molecular weight is 506 g/mol. The van der Waals surface area contributed by atoms with Gasteiger partial charge in [-0.3, -0.25) is 19.7 Å². The average Bonchev–Trinajstić information content (AvgIpc) is 2.87. The molecule has 0 unspecified atom stereocenters. The fraction of sp³-hybridized carbons (Fsp3) is 0.0769. The number of hydrogen-bond donors (Lipinski definition) is 2. The first kappa shape index (κ1) is 24.5. The zero-order chi connectivity index (χ0) is 25.7. The van der Waals surface area contributed by atoms with Gasteiger partial charge in [0.15, 0.2) is 6.61 Å². The Hall–Kier alpha value is -4.63. The monoisotopic (exact) mass is 505 g/mol. The number of halogens is 1. The van der Waals surface area contributed by atoms with Crippen molar-refractivity contribution in [2.75, 3.05) is 23.9 Å². The molecule has 0 aliphatic carbocycles. The van der Waals surface area contributed by atoms with Gasteiger partial charge in [-0.05, 0) is 60.2 Å². The highest BCUT2D eigenvalue weighted by atomic mass is 35.5. The number of ether oxygens (including phenoxy) is 2. The third-order valence-corrected chi connectivity index (χ3v) is 5.45. The maximum absolute atomic E-state index is 13.1. The molecule has 1 aliphatic rings. The summed E-state index contributed by atoms with van der Waals surface area (Å²) in [4.78, 5) is 50.9. The van der Waals surface area contributed by atoms with Crippen LogP contribution in [-0.2, 0) is 14.4 Å². The normalized spacial score (nSPS) is 14.4. The minimum Gasteiger partial charge on any atom is -0.497 e. The molecule has 182 valence electrons. The van der Waals surface area contributed by atoms with Crippen LogP contribution < -0.4 is 25.0 Å².